The number of aromatic amines is 1. The van der Waals surface area contributed by atoms with E-state index in [4.69, 9.17) is 0 Å². The number of hydrogen-bond donors (Lipinski definition) is 3. The summed E-state index contributed by atoms with van der Waals surface area (Å²) in [5.74, 6) is -2.20. The zero-order valence-corrected chi connectivity index (χ0v) is 15.1. The van der Waals surface area contributed by atoms with Crippen LogP contribution < -0.4 is 16.2 Å². The molecule has 11 nitrogen and oxygen atoms in total. The molecular formula is C16H14F3N7O4. The van der Waals surface area contributed by atoms with Crippen molar-refractivity contribution in [1.29, 1.82) is 0 Å². The summed E-state index contributed by atoms with van der Waals surface area (Å²) in [6, 6.07) is -0.236. The van der Waals surface area contributed by atoms with Gasteiger partial charge in [-0.2, -0.15) is 23.4 Å². The van der Waals surface area contributed by atoms with E-state index in [0.717, 1.165) is 0 Å². The van der Waals surface area contributed by atoms with E-state index >= 15 is 0 Å². The van der Waals surface area contributed by atoms with E-state index in [1.54, 1.807) is 6.07 Å². The van der Waals surface area contributed by atoms with Gasteiger partial charge in [0.15, 0.2) is 5.65 Å². The molecule has 0 aliphatic carbocycles. The molecule has 0 saturated carbocycles. The second kappa shape index (κ2) is 7.27. The van der Waals surface area contributed by atoms with Crippen LogP contribution in [0.3, 0.4) is 0 Å². The molecule has 1 fully saturated rings. The maximum atomic E-state index is 12.8. The number of alkyl halides is 3. The molecule has 4 heterocycles. The van der Waals surface area contributed by atoms with Gasteiger partial charge in [0.05, 0.1) is 24.6 Å². The fraction of sp³-hybridized carbons (Fsp3) is 0.375. The zero-order valence-electron chi connectivity index (χ0n) is 15.1. The van der Waals surface area contributed by atoms with Crippen molar-refractivity contribution < 1.29 is 27.4 Å². The molecule has 0 bridgehead atoms. The van der Waals surface area contributed by atoms with Gasteiger partial charge in [0.2, 0.25) is 11.6 Å². The fourth-order valence-corrected chi connectivity index (χ4v) is 3.18. The van der Waals surface area contributed by atoms with Gasteiger partial charge in [0, 0.05) is 5.92 Å². The molecular weight excluding hydrogens is 411 g/mol. The minimum Gasteiger partial charge on any atom is -0.345 e. The van der Waals surface area contributed by atoms with Crippen molar-refractivity contribution in [2.75, 3.05) is 0 Å². The van der Waals surface area contributed by atoms with Gasteiger partial charge in [-0.3, -0.25) is 19.0 Å². The Morgan fingerprint density at radius 3 is 2.83 bits per heavy atom. The van der Waals surface area contributed by atoms with Crippen LogP contribution in [-0.4, -0.2) is 48.9 Å². The van der Waals surface area contributed by atoms with Crippen molar-refractivity contribution in [2.24, 2.45) is 5.92 Å². The van der Waals surface area contributed by atoms with E-state index in [1.165, 1.54) is 16.9 Å². The van der Waals surface area contributed by atoms with Crippen LogP contribution in [0.25, 0.3) is 5.65 Å². The molecule has 2 unspecified atom stereocenters. The van der Waals surface area contributed by atoms with E-state index in [-0.39, 0.29) is 19.4 Å². The molecule has 30 heavy (non-hydrogen) atoms. The topological polar surface area (TPSA) is 147 Å². The number of fused-ring (bicyclic) bond motifs is 1. The average Bonchev–Trinajstić information content (AvgIpc) is 3.38. The van der Waals surface area contributed by atoms with Crippen molar-refractivity contribution in [3.63, 3.8) is 0 Å². The molecule has 1 saturated heterocycles. The summed E-state index contributed by atoms with van der Waals surface area (Å²) in [4.78, 5) is 39.3. The third-order valence-electron chi connectivity index (χ3n) is 4.65. The first-order chi connectivity index (χ1) is 14.2. The lowest BCUT2D eigenvalue weighted by Crippen LogP contribution is -2.38. The predicted octanol–water partition coefficient (Wildman–Crippen LogP) is -0.0549. The predicted molar refractivity (Wildman–Crippen MR) is 91.1 cm³/mol. The van der Waals surface area contributed by atoms with Crippen LogP contribution in [0.15, 0.2) is 27.9 Å². The van der Waals surface area contributed by atoms with Gasteiger partial charge in [-0.15, -0.1) is 0 Å². The van der Waals surface area contributed by atoms with E-state index < -0.39 is 41.2 Å². The number of aromatic nitrogens is 5. The Hall–Kier alpha value is -3.71. The van der Waals surface area contributed by atoms with Crippen LogP contribution in [0.4, 0.5) is 13.2 Å². The fourth-order valence-electron chi connectivity index (χ4n) is 3.18. The Morgan fingerprint density at radius 2 is 2.17 bits per heavy atom. The summed E-state index contributed by atoms with van der Waals surface area (Å²) in [5.41, 5.74) is 0.176. The number of nitrogens with zero attached hydrogens (tertiary/aromatic N) is 4. The molecule has 2 atom stereocenters. The van der Waals surface area contributed by atoms with Gasteiger partial charge in [-0.25, -0.2) is 9.50 Å². The van der Waals surface area contributed by atoms with Crippen LogP contribution in [0.5, 0.6) is 0 Å². The molecule has 3 aromatic rings. The highest BCUT2D eigenvalue weighted by Crippen LogP contribution is 2.31. The number of halogens is 3. The molecule has 4 rings (SSSR count). The van der Waals surface area contributed by atoms with Crippen LogP contribution >= 0.6 is 0 Å². The summed E-state index contributed by atoms with van der Waals surface area (Å²) in [5, 5.41) is 13.7. The Morgan fingerprint density at radius 1 is 1.37 bits per heavy atom. The van der Waals surface area contributed by atoms with Crippen molar-refractivity contribution in [3.05, 3.63) is 45.8 Å². The first-order valence-corrected chi connectivity index (χ1v) is 8.73. The number of hydrogen-bond acceptors (Lipinski definition) is 7. The van der Waals surface area contributed by atoms with Gasteiger partial charge in [-0.1, -0.05) is 0 Å². The molecule has 14 heteroatoms. The van der Waals surface area contributed by atoms with Crippen LogP contribution in [-0.2, 0) is 17.8 Å². The highest BCUT2D eigenvalue weighted by Gasteiger charge is 2.47. The largest absolute Gasteiger partial charge is 0.408 e. The second-order valence-corrected chi connectivity index (χ2v) is 6.78. The highest BCUT2D eigenvalue weighted by atomic mass is 19.4. The lowest BCUT2D eigenvalue weighted by molar-refractivity contribution is -0.154. The molecule has 0 radical (unpaired) electrons. The van der Waals surface area contributed by atoms with E-state index in [9.17, 15) is 27.6 Å². The minimum absolute atomic E-state index is 0.0257. The quantitative estimate of drug-likeness (QED) is 0.519. The smallest absolute Gasteiger partial charge is 0.345 e. The molecule has 2 amide bonds. The Balaban J connectivity index is 1.43. The summed E-state index contributed by atoms with van der Waals surface area (Å²) < 4.78 is 44.1. The number of carbonyl (C=O) groups is 2. The van der Waals surface area contributed by atoms with Crippen LogP contribution in [0.1, 0.15) is 28.2 Å². The maximum absolute atomic E-state index is 12.8. The first kappa shape index (κ1) is 19.6. The number of amides is 2. The Kier molecular flexibility index (Phi) is 4.75. The zero-order chi connectivity index (χ0) is 21.5. The molecule has 1 aliphatic heterocycles. The van der Waals surface area contributed by atoms with Crippen molar-refractivity contribution >= 4 is 17.5 Å². The van der Waals surface area contributed by atoms with Crippen molar-refractivity contribution in [3.8, 4) is 0 Å². The van der Waals surface area contributed by atoms with Gasteiger partial charge < -0.3 is 10.6 Å². The van der Waals surface area contributed by atoms with Gasteiger partial charge in [-0.05, 0) is 29.6 Å². The molecule has 0 spiro atoms. The van der Waals surface area contributed by atoms with E-state index in [1.807, 2.05) is 10.5 Å². The number of imidazole rings is 1. The van der Waals surface area contributed by atoms with Crippen molar-refractivity contribution in [2.45, 2.75) is 31.6 Å². The van der Waals surface area contributed by atoms with E-state index in [0.29, 0.717) is 16.9 Å². The maximum Gasteiger partial charge on any atom is 0.408 e. The number of nitrogens with one attached hydrogen (secondary N) is 3. The Bertz CT molecular complexity index is 1170. The van der Waals surface area contributed by atoms with Gasteiger partial charge in [0.25, 0.3) is 5.91 Å². The van der Waals surface area contributed by atoms with Crippen LogP contribution in [0, 0.1) is 5.92 Å². The lowest BCUT2D eigenvalue weighted by Gasteiger charge is -2.13. The SMILES string of the molecule is O=C(NCc1cn2ncc(CC3CC(C(F)(F)F)NC3=O)cc2n1)c1no[nH]c1=O. The molecule has 158 valence electrons. The first-order valence-electron chi connectivity index (χ1n) is 8.73. The Labute approximate surface area is 164 Å². The van der Waals surface area contributed by atoms with E-state index in [2.05, 4.69) is 25.2 Å². The van der Waals surface area contributed by atoms with Crippen LogP contribution in [0.2, 0.25) is 0 Å². The summed E-state index contributed by atoms with van der Waals surface area (Å²) in [7, 11) is 0. The molecule has 0 aromatic carbocycles. The van der Waals surface area contributed by atoms with Gasteiger partial charge in [0.1, 0.15) is 6.04 Å². The minimum atomic E-state index is -4.48. The van der Waals surface area contributed by atoms with Gasteiger partial charge >= 0.3 is 11.7 Å². The normalized spacial score (nSPS) is 19.2. The molecule has 3 N–H and O–H groups in total. The number of H-pyrrole nitrogens is 1. The third-order valence-corrected chi connectivity index (χ3v) is 4.65. The molecule has 1 aliphatic rings. The van der Waals surface area contributed by atoms with Crippen molar-refractivity contribution in [1.82, 2.24) is 35.5 Å². The average molecular weight is 425 g/mol. The number of carbonyl (C=O) groups excluding carboxylic acids is 2. The monoisotopic (exact) mass is 425 g/mol. The third kappa shape index (κ3) is 3.88. The lowest BCUT2D eigenvalue weighted by atomic mass is 9.97. The second-order valence-electron chi connectivity index (χ2n) is 6.78. The summed E-state index contributed by atoms with van der Waals surface area (Å²) in [6.07, 6.45) is -1.74. The number of rotatable bonds is 5. The summed E-state index contributed by atoms with van der Waals surface area (Å²) in [6.45, 7) is -0.0257. The molecule has 3 aromatic heterocycles. The highest BCUT2D eigenvalue weighted by molar-refractivity contribution is 5.91. The summed E-state index contributed by atoms with van der Waals surface area (Å²) >= 11 is 0. The standard InChI is InChI=1S/C16H14F3N7O4/c17-16(18,19)10-3-8(13(27)23-10)1-7-2-11-22-9(6-26(11)21-4-7)5-20-14(28)12-15(29)25-30-24-12/h2,4,6,8,10H,1,3,5H2,(H,20,28)(H,23,27)(H,25,29).